The quantitative estimate of drug-likeness (QED) is 0.547. The molecule has 2 nitrogen and oxygen atoms in total. The Labute approximate surface area is 67.6 Å². The second-order valence-electron chi connectivity index (χ2n) is 3.29. The summed E-state index contributed by atoms with van der Waals surface area (Å²) in [6.07, 6.45) is 9.21. The van der Waals surface area contributed by atoms with Crippen molar-refractivity contribution in [2.24, 2.45) is 0 Å². The van der Waals surface area contributed by atoms with Crippen molar-refractivity contribution in [1.82, 2.24) is 10.2 Å². The number of hydrogen-bond donors (Lipinski definition) is 1. The largest absolute Gasteiger partial charge is 0.294 e. The van der Waals surface area contributed by atoms with E-state index in [1.54, 1.807) is 0 Å². The van der Waals surface area contributed by atoms with Gasteiger partial charge >= 0.3 is 0 Å². The monoisotopic (exact) mass is 150 g/mol. The lowest BCUT2D eigenvalue weighted by Crippen LogP contribution is -2.32. The number of hydrogen-bond acceptors (Lipinski definition) is 2. The Hall–Kier alpha value is -0.600. The number of likely N-dealkylation sites (N-methyl/N-ethyl adjacent to an activating group) is 1. The normalized spacial score (nSPS) is 42.9. The van der Waals surface area contributed by atoms with Crippen molar-refractivity contribution in [1.29, 1.82) is 0 Å². The van der Waals surface area contributed by atoms with E-state index in [-0.39, 0.29) is 0 Å². The molecule has 2 aliphatic rings. The van der Waals surface area contributed by atoms with E-state index < -0.39 is 0 Å². The first-order valence-electron chi connectivity index (χ1n) is 4.12. The Morgan fingerprint density at radius 1 is 1.27 bits per heavy atom. The highest BCUT2D eigenvalue weighted by molar-refractivity contribution is 5.22. The average molecular weight is 150 g/mol. The number of fused-ring (bicyclic) bond motifs is 1. The molecule has 0 saturated carbocycles. The van der Waals surface area contributed by atoms with Gasteiger partial charge in [-0.25, -0.2) is 0 Å². The zero-order chi connectivity index (χ0) is 7.84. The maximum atomic E-state index is 3.49. The van der Waals surface area contributed by atoms with Gasteiger partial charge < -0.3 is 0 Å². The van der Waals surface area contributed by atoms with Gasteiger partial charge in [0.15, 0.2) is 0 Å². The van der Waals surface area contributed by atoms with Gasteiger partial charge in [-0.05, 0) is 14.0 Å². The van der Waals surface area contributed by atoms with Crippen LogP contribution in [0.3, 0.4) is 0 Å². The third-order valence-electron chi connectivity index (χ3n) is 2.62. The lowest BCUT2D eigenvalue weighted by atomic mass is 10.0. The molecule has 3 unspecified atom stereocenters. The van der Waals surface area contributed by atoms with Crippen LogP contribution in [0.15, 0.2) is 24.3 Å². The van der Waals surface area contributed by atoms with Gasteiger partial charge in [-0.2, -0.15) is 0 Å². The number of nitrogens with one attached hydrogen (secondary N) is 1. The molecule has 0 amide bonds. The van der Waals surface area contributed by atoms with E-state index in [4.69, 9.17) is 0 Å². The van der Waals surface area contributed by atoms with Crippen molar-refractivity contribution in [3.8, 4) is 0 Å². The summed E-state index contributed by atoms with van der Waals surface area (Å²) >= 11 is 0. The van der Waals surface area contributed by atoms with Gasteiger partial charge in [-0.15, -0.1) is 0 Å². The molecule has 2 heteroatoms. The lowest BCUT2D eigenvalue weighted by Gasteiger charge is -2.21. The number of nitrogens with zero attached hydrogens (tertiary/aromatic N) is 1. The number of allylic oxidation sites excluding steroid dienone is 2. The van der Waals surface area contributed by atoms with Crippen LogP contribution < -0.4 is 5.32 Å². The molecular weight excluding hydrogens is 136 g/mol. The van der Waals surface area contributed by atoms with Crippen molar-refractivity contribution in [3.63, 3.8) is 0 Å². The molecule has 1 N–H and O–H groups in total. The summed E-state index contributed by atoms with van der Waals surface area (Å²) < 4.78 is 0. The summed E-state index contributed by atoms with van der Waals surface area (Å²) in [5.74, 6) is 0. The molecule has 1 heterocycles. The summed E-state index contributed by atoms with van der Waals surface area (Å²) in [6, 6.07) is 1.09. The summed E-state index contributed by atoms with van der Waals surface area (Å²) in [7, 11) is 2.16. The molecule has 1 aliphatic heterocycles. The topological polar surface area (TPSA) is 15.3 Å². The van der Waals surface area contributed by atoms with Gasteiger partial charge in [0.05, 0.1) is 6.17 Å². The Balaban J connectivity index is 2.20. The first-order chi connectivity index (χ1) is 5.29. The van der Waals surface area contributed by atoms with Crippen LogP contribution in [0.25, 0.3) is 0 Å². The fourth-order valence-corrected chi connectivity index (χ4v) is 1.79. The van der Waals surface area contributed by atoms with Crippen LogP contribution in [0.2, 0.25) is 0 Å². The van der Waals surface area contributed by atoms with Gasteiger partial charge in [0.25, 0.3) is 0 Å². The molecule has 0 bridgehead atoms. The minimum Gasteiger partial charge on any atom is -0.294 e. The van der Waals surface area contributed by atoms with Gasteiger partial charge in [0.1, 0.15) is 0 Å². The Morgan fingerprint density at radius 3 is 2.73 bits per heavy atom. The van der Waals surface area contributed by atoms with Crippen molar-refractivity contribution < 1.29 is 0 Å². The highest BCUT2D eigenvalue weighted by Crippen LogP contribution is 2.19. The Morgan fingerprint density at radius 2 is 2.00 bits per heavy atom. The maximum Gasteiger partial charge on any atom is 0.0576 e. The SMILES string of the molecule is CC1NC2C=CC=CC2N1C. The minimum absolute atomic E-state index is 0.498. The second-order valence-corrected chi connectivity index (χ2v) is 3.29. The highest BCUT2D eigenvalue weighted by atomic mass is 15.3. The Bertz CT molecular complexity index is 208. The molecule has 3 atom stereocenters. The zero-order valence-electron chi connectivity index (χ0n) is 6.99. The smallest absolute Gasteiger partial charge is 0.0576 e. The summed E-state index contributed by atoms with van der Waals surface area (Å²) in [5.41, 5.74) is 0. The molecule has 0 aromatic rings. The molecule has 1 saturated heterocycles. The van der Waals surface area contributed by atoms with E-state index in [0.717, 1.165) is 0 Å². The van der Waals surface area contributed by atoms with Gasteiger partial charge in [0, 0.05) is 12.1 Å². The fourth-order valence-electron chi connectivity index (χ4n) is 1.79. The zero-order valence-corrected chi connectivity index (χ0v) is 6.99. The fraction of sp³-hybridized carbons (Fsp3) is 0.556. The predicted octanol–water partition coefficient (Wildman–Crippen LogP) is 0.731. The first-order valence-corrected chi connectivity index (χ1v) is 4.12. The van der Waals surface area contributed by atoms with Crippen LogP contribution in [-0.4, -0.2) is 30.2 Å². The molecule has 60 valence electrons. The lowest BCUT2D eigenvalue weighted by molar-refractivity contribution is 0.277. The second kappa shape index (κ2) is 2.47. The van der Waals surface area contributed by atoms with Gasteiger partial charge in [-0.1, -0.05) is 24.3 Å². The van der Waals surface area contributed by atoms with Crippen LogP contribution in [0, 0.1) is 0 Å². The number of rotatable bonds is 0. The van der Waals surface area contributed by atoms with E-state index >= 15 is 0 Å². The van der Waals surface area contributed by atoms with E-state index in [1.807, 2.05) is 0 Å². The van der Waals surface area contributed by atoms with Gasteiger partial charge in [-0.3, -0.25) is 10.2 Å². The molecule has 0 aromatic heterocycles. The van der Waals surface area contributed by atoms with E-state index in [9.17, 15) is 0 Å². The molecule has 1 aliphatic carbocycles. The molecule has 2 rings (SSSR count). The molecule has 0 radical (unpaired) electrons. The van der Waals surface area contributed by atoms with Crippen LogP contribution in [0.1, 0.15) is 6.92 Å². The van der Waals surface area contributed by atoms with E-state index in [1.165, 1.54) is 0 Å². The van der Waals surface area contributed by atoms with Crippen molar-refractivity contribution in [2.75, 3.05) is 7.05 Å². The minimum atomic E-state index is 0.498. The molecule has 1 fully saturated rings. The van der Waals surface area contributed by atoms with Gasteiger partial charge in [0.2, 0.25) is 0 Å². The maximum absolute atomic E-state index is 3.49. The molecule has 11 heavy (non-hydrogen) atoms. The summed E-state index contributed by atoms with van der Waals surface area (Å²) in [4.78, 5) is 2.35. The molecular formula is C9H14N2. The van der Waals surface area contributed by atoms with Crippen molar-refractivity contribution >= 4 is 0 Å². The van der Waals surface area contributed by atoms with Crippen LogP contribution >= 0.6 is 0 Å². The first kappa shape index (κ1) is 7.07. The summed E-state index contributed by atoms with van der Waals surface area (Å²) in [5, 5.41) is 3.49. The average Bonchev–Trinajstić information content (AvgIpc) is 2.30. The van der Waals surface area contributed by atoms with Crippen LogP contribution in [0.5, 0.6) is 0 Å². The van der Waals surface area contributed by atoms with Crippen molar-refractivity contribution in [2.45, 2.75) is 25.2 Å². The third-order valence-corrected chi connectivity index (χ3v) is 2.62. The van der Waals surface area contributed by atoms with E-state index in [2.05, 4.69) is 48.5 Å². The summed E-state index contributed by atoms with van der Waals surface area (Å²) in [6.45, 7) is 2.19. The van der Waals surface area contributed by atoms with Crippen LogP contribution in [0.4, 0.5) is 0 Å². The predicted molar refractivity (Wildman–Crippen MR) is 46.2 cm³/mol. The van der Waals surface area contributed by atoms with Crippen LogP contribution in [-0.2, 0) is 0 Å². The Kier molecular flexibility index (Phi) is 1.59. The van der Waals surface area contributed by atoms with E-state index in [0.29, 0.717) is 18.2 Å². The molecule has 0 aromatic carbocycles. The third kappa shape index (κ3) is 1.03. The standard InChI is InChI=1S/C9H14N2/c1-7-10-8-5-3-4-6-9(8)11(7)2/h3-10H,1-2H3. The highest BCUT2D eigenvalue weighted by Gasteiger charge is 2.33. The molecule has 0 spiro atoms. The van der Waals surface area contributed by atoms with Crippen molar-refractivity contribution in [3.05, 3.63) is 24.3 Å².